The SMILES string of the molecule is O=S(=O)(Nc1ccc(Nc2cccc3cccnc23)nn1)c1ccc(F)cc1. The topological polar surface area (TPSA) is 96.9 Å². The highest BCUT2D eigenvalue weighted by Crippen LogP contribution is 2.24. The molecule has 0 saturated heterocycles. The van der Waals surface area contributed by atoms with Crippen molar-refractivity contribution in [2.75, 3.05) is 10.0 Å². The molecule has 0 spiro atoms. The number of nitrogens with one attached hydrogen (secondary N) is 2. The van der Waals surface area contributed by atoms with Crippen molar-refractivity contribution in [1.29, 1.82) is 0 Å². The minimum atomic E-state index is -3.88. The van der Waals surface area contributed by atoms with Crippen LogP contribution in [0.3, 0.4) is 0 Å². The quantitative estimate of drug-likeness (QED) is 0.535. The number of benzene rings is 2. The molecule has 2 heterocycles. The number of halogens is 1. The van der Waals surface area contributed by atoms with E-state index in [2.05, 4.69) is 25.2 Å². The van der Waals surface area contributed by atoms with E-state index in [4.69, 9.17) is 0 Å². The van der Waals surface area contributed by atoms with Crippen LogP contribution in [0.5, 0.6) is 0 Å². The predicted octanol–water partition coefficient (Wildman–Crippen LogP) is 3.71. The van der Waals surface area contributed by atoms with E-state index in [1.54, 1.807) is 12.3 Å². The summed E-state index contributed by atoms with van der Waals surface area (Å²) >= 11 is 0. The normalized spacial score (nSPS) is 11.3. The van der Waals surface area contributed by atoms with Crippen molar-refractivity contribution in [1.82, 2.24) is 15.2 Å². The van der Waals surface area contributed by atoms with Crippen LogP contribution in [0.4, 0.5) is 21.7 Å². The summed E-state index contributed by atoms with van der Waals surface area (Å²) in [5, 5.41) is 12.0. The van der Waals surface area contributed by atoms with E-state index in [0.717, 1.165) is 28.7 Å². The molecule has 0 atom stereocenters. The van der Waals surface area contributed by atoms with Gasteiger partial charge in [0.2, 0.25) is 0 Å². The van der Waals surface area contributed by atoms with Gasteiger partial charge in [0.1, 0.15) is 5.82 Å². The Balaban J connectivity index is 1.53. The Morgan fingerprint density at radius 1 is 0.821 bits per heavy atom. The van der Waals surface area contributed by atoms with Crippen LogP contribution in [0.25, 0.3) is 10.9 Å². The average Bonchev–Trinajstić information content (AvgIpc) is 2.70. The average molecular weight is 395 g/mol. The minimum absolute atomic E-state index is 0.0471. The smallest absolute Gasteiger partial charge is 0.263 e. The number of rotatable bonds is 5. The van der Waals surface area contributed by atoms with Gasteiger partial charge in [0, 0.05) is 11.6 Å². The maximum absolute atomic E-state index is 13.0. The Kier molecular flexibility index (Phi) is 4.58. The van der Waals surface area contributed by atoms with Crippen molar-refractivity contribution in [2.45, 2.75) is 4.90 Å². The fraction of sp³-hybridized carbons (Fsp3) is 0. The highest BCUT2D eigenvalue weighted by Gasteiger charge is 2.15. The zero-order valence-electron chi connectivity index (χ0n) is 14.4. The molecule has 28 heavy (non-hydrogen) atoms. The number of aromatic nitrogens is 3. The number of nitrogens with zero attached hydrogens (tertiary/aromatic N) is 3. The number of para-hydroxylation sites is 1. The zero-order chi connectivity index (χ0) is 19.6. The molecule has 7 nitrogen and oxygen atoms in total. The molecule has 2 N–H and O–H groups in total. The Bertz CT molecular complexity index is 1220. The lowest BCUT2D eigenvalue weighted by Gasteiger charge is -2.09. The van der Waals surface area contributed by atoms with E-state index in [0.29, 0.717) is 5.82 Å². The largest absolute Gasteiger partial charge is 0.337 e. The van der Waals surface area contributed by atoms with Gasteiger partial charge in [-0.25, -0.2) is 12.8 Å². The van der Waals surface area contributed by atoms with Crippen LogP contribution in [0, 0.1) is 5.82 Å². The number of hydrogen-bond acceptors (Lipinski definition) is 6. The molecule has 2 aromatic heterocycles. The van der Waals surface area contributed by atoms with Gasteiger partial charge in [-0.05, 0) is 48.5 Å². The van der Waals surface area contributed by atoms with Crippen molar-refractivity contribution in [3.8, 4) is 0 Å². The van der Waals surface area contributed by atoms with Crippen LogP contribution in [0.15, 0.2) is 77.8 Å². The van der Waals surface area contributed by atoms with Gasteiger partial charge < -0.3 is 5.32 Å². The summed E-state index contributed by atoms with van der Waals surface area (Å²) in [7, 11) is -3.88. The standard InChI is InChI=1S/C19H14FN5O2S/c20-14-6-8-15(9-7-14)28(26,27)25-18-11-10-17(23-24-18)22-16-5-1-3-13-4-2-12-21-19(13)16/h1-12H,(H,22,23)(H,24,25). The molecular weight excluding hydrogens is 381 g/mol. The summed E-state index contributed by atoms with van der Waals surface area (Å²) in [4.78, 5) is 4.28. The van der Waals surface area contributed by atoms with Crippen molar-refractivity contribution in [3.63, 3.8) is 0 Å². The maximum Gasteiger partial charge on any atom is 0.263 e. The van der Waals surface area contributed by atoms with E-state index in [-0.39, 0.29) is 10.7 Å². The molecule has 0 unspecified atom stereocenters. The van der Waals surface area contributed by atoms with Gasteiger partial charge in [0.15, 0.2) is 11.6 Å². The predicted molar refractivity (Wildman–Crippen MR) is 104 cm³/mol. The van der Waals surface area contributed by atoms with E-state index in [9.17, 15) is 12.8 Å². The number of fused-ring (bicyclic) bond motifs is 1. The molecule has 140 valence electrons. The first-order valence-electron chi connectivity index (χ1n) is 8.24. The van der Waals surface area contributed by atoms with Gasteiger partial charge in [-0.2, -0.15) is 0 Å². The first-order valence-corrected chi connectivity index (χ1v) is 9.72. The molecule has 0 saturated carbocycles. The van der Waals surface area contributed by atoms with Crippen LogP contribution in [0.2, 0.25) is 0 Å². The second kappa shape index (κ2) is 7.20. The summed E-state index contributed by atoms with van der Waals surface area (Å²) in [5.74, 6) is -0.0362. The summed E-state index contributed by atoms with van der Waals surface area (Å²) in [6.07, 6.45) is 1.70. The molecule has 0 aliphatic heterocycles. The molecule has 0 radical (unpaired) electrons. The number of pyridine rings is 1. The second-order valence-electron chi connectivity index (χ2n) is 5.87. The van der Waals surface area contributed by atoms with Crippen LogP contribution in [0.1, 0.15) is 0 Å². The lowest BCUT2D eigenvalue weighted by Crippen LogP contribution is -2.14. The van der Waals surface area contributed by atoms with Crippen molar-refractivity contribution in [2.24, 2.45) is 0 Å². The van der Waals surface area contributed by atoms with E-state index < -0.39 is 15.8 Å². The zero-order valence-corrected chi connectivity index (χ0v) is 15.2. The molecule has 0 bridgehead atoms. The number of sulfonamides is 1. The molecule has 0 aliphatic carbocycles. The van der Waals surface area contributed by atoms with E-state index in [1.165, 1.54) is 18.2 Å². The Morgan fingerprint density at radius 3 is 2.29 bits per heavy atom. The molecular formula is C19H14FN5O2S. The van der Waals surface area contributed by atoms with Crippen molar-refractivity contribution < 1.29 is 12.8 Å². The molecule has 2 aromatic carbocycles. The fourth-order valence-electron chi connectivity index (χ4n) is 2.61. The van der Waals surface area contributed by atoms with E-state index >= 15 is 0 Å². The Morgan fingerprint density at radius 2 is 1.54 bits per heavy atom. The van der Waals surface area contributed by atoms with Gasteiger partial charge >= 0.3 is 0 Å². The van der Waals surface area contributed by atoms with Gasteiger partial charge in [-0.1, -0.05) is 18.2 Å². The summed E-state index contributed by atoms with van der Waals surface area (Å²) < 4.78 is 39.9. The molecule has 0 fully saturated rings. The summed E-state index contributed by atoms with van der Waals surface area (Å²) in [6.45, 7) is 0. The third-order valence-electron chi connectivity index (χ3n) is 3.92. The first-order chi connectivity index (χ1) is 13.5. The monoisotopic (exact) mass is 395 g/mol. The van der Waals surface area contributed by atoms with Crippen LogP contribution in [-0.2, 0) is 10.0 Å². The fourth-order valence-corrected chi connectivity index (χ4v) is 3.60. The minimum Gasteiger partial charge on any atom is -0.337 e. The number of anilines is 3. The lowest BCUT2D eigenvalue weighted by molar-refractivity contribution is 0.599. The third kappa shape index (κ3) is 3.74. The van der Waals surface area contributed by atoms with Gasteiger partial charge in [-0.15, -0.1) is 10.2 Å². The van der Waals surface area contributed by atoms with Crippen molar-refractivity contribution in [3.05, 3.63) is 78.7 Å². The van der Waals surface area contributed by atoms with E-state index in [1.807, 2.05) is 30.3 Å². The van der Waals surface area contributed by atoms with Crippen molar-refractivity contribution >= 4 is 38.2 Å². The summed E-state index contributed by atoms with van der Waals surface area (Å²) in [5.41, 5.74) is 1.54. The van der Waals surface area contributed by atoms with Gasteiger partial charge in [-0.3, -0.25) is 9.71 Å². The second-order valence-corrected chi connectivity index (χ2v) is 7.55. The molecule has 0 aliphatic rings. The highest BCUT2D eigenvalue weighted by atomic mass is 32.2. The molecule has 4 aromatic rings. The Labute approximate surface area is 160 Å². The molecule has 9 heteroatoms. The Hall–Kier alpha value is -3.59. The van der Waals surface area contributed by atoms with Gasteiger partial charge in [0.05, 0.1) is 16.1 Å². The lowest BCUT2D eigenvalue weighted by atomic mass is 10.2. The van der Waals surface area contributed by atoms with Crippen LogP contribution < -0.4 is 10.0 Å². The highest BCUT2D eigenvalue weighted by molar-refractivity contribution is 7.92. The van der Waals surface area contributed by atoms with Gasteiger partial charge in [0.25, 0.3) is 10.0 Å². The van der Waals surface area contributed by atoms with Crippen LogP contribution in [-0.4, -0.2) is 23.6 Å². The molecule has 4 rings (SSSR count). The number of hydrogen-bond donors (Lipinski definition) is 2. The first kappa shape index (κ1) is 17.8. The maximum atomic E-state index is 13.0. The van der Waals surface area contributed by atoms with Crippen LogP contribution >= 0.6 is 0 Å². The third-order valence-corrected chi connectivity index (χ3v) is 5.29. The molecule has 0 amide bonds. The summed E-state index contributed by atoms with van der Waals surface area (Å²) in [6, 6.07) is 17.1.